The lowest BCUT2D eigenvalue weighted by atomic mass is 10.4. The molecular weight excluding hydrogens is 158 g/mol. The van der Waals surface area contributed by atoms with E-state index in [4.69, 9.17) is 10.2 Å². The van der Waals surface area contributed by atoms with Gasteiger partial charge in [0.25, 0.3) is 5.56 Å². The summed E-state index contributed by atoms with van der Waals surface area (Å²) >= 11 is 0. The lowest BCUT2D eigenvalue weighted by Gasteiger charge is -1.93. The average Bonchev–Trinajstić information content (AvgIpc) is 2.52. The number of nitrogens with one attached hydrogen (secondary N) is 1. The van der Waals surface area contributed by atoms with Crippen molar-refractivity contribution in [2.45, 2.75) is 6.54 Å². The molecule has 0 amide bonds. The maximum absolute atomic E-state index is 11.2. The fourth-order valence-electron chi connectivity index (χ4n) is 1.02. The number of hydrogen-bond donors (Lipinski definition) is 2. The maximum Gasteiger partial charge on any atom is 0.294 e. The van der Waals surface area contributed by atoms with Crippen LogP contribution in [0.1, 0.15) is 5.82 Å². The molecule has 0 saturated carbocycles. The van der Waals surface area contributed by atoms with Crippen LogP contribution in [0.5, 0.6) is 0 Å². The molecule has 0 spiro atoms. The van der Waals surface area contributed by atoms with E-state index in [0.717, 1.165) is 0 Å². The molecule has 0 saturated heterocycles. The highest BCUT2D eigenvalue weighted by Gasteiger charge is 2.04. The predicted molar refractivity (Wildman–Crippen MR) is 42.5 cm³/mol. The Morgan fingerprint density at radius 3 is 3.25 bits per heavy atom. The first-order chi connectivity index (χ1) is 5.81. The number of hydrogen-bond acceptors (Lipinski definition) is 4. The zero-order valence-electron chi connectivity index (χ0n) is 6.20. The normalized spacial score (nSPS) is 10.8. The molecule has 0 aromatic carbocycles. The summed E-state index contributed by atoms with van der Waals surface area (Å²) in [5, 5.41) is 0. The van der Waals surface area contributed by atoms with Crippen LogP contribution in [-0.2, 0) is 6.54 Å². The van der Waals surface area contributed by atoms with E-state index >= 15 is 0 Å². The molecule has 0 aliphatic carbocycles. The summed E-state index contributed by atoms with van der Waals surface area (Å²) in [5.41, 5.74) is 5.81. The van der Waals surface area contributed by atoms with Gasteiger partial charge in [-0.15, -0.1) is 0 Å². The van der Waals surface area contributed by atoms with Crippen molar-refractivity contribution in [3.05, 3.63) is 28.5 Å². The lowest BCUT2D eigenvalue weighted by Crippen LogP contribution is -2.13. The second kappa shape index (κ2) is 2.46. The Kier molecular flexibility index (Phi) is 1.44. The number of nitrogens with zero attached hydrogens (tertiary/aromatic N) is 1. The van der Waals surface area contributed by atoms with Gasteiger partial charge in [0, 0.05) is 6.07 Å². The van der Waals surface area contributed by atoms with Crippen LogP contribution < -0.4 is 11.3 Å². The summed E-state index contributed by atoms with van der Waals surface area (Å²) in [6.07, 6.45) is 1.42. The first-order valence-electron chi connectivity index (χ1n) is 3.47. The number of aromatic amines is 1. The molecule has 0 aliphatic rings. The molecular formula is C7H7N3O2. The highest BCUT2D eigenvalue weighted by molar-refractivity contribution is 5.70. The summed E-state index contributed by atoms with van der Waals surface area (Å²) in [6.45, 7) is 0.219. The minimum absolute atomic E-state index is 0.219. The molecule has 2 aromatic heterocycles. The second-order valence-electron chi connectivity index (χ2n) is 2.35. The standard InChI is InChI=1S/C7H7N3O2/c8-3-5-9-4-1-2-12-6(4)7(11)10-5/h1-2H,3,8H2,(H,9,10,11). The number of nitrogens with two attached hydrogens (primary N) is 1. The molecule has 2 aromatic rings. The lowest BCUT2D eigenvalue weighted by molar-refractivity contribution is 0.609. The van der Waals surface area contributed by atoms with Crippen LogP contribution in [0.25, 0.3) is 11.1 Å². The van der Waals surface area contributed by atoms with E-state index in [9.17, 15) is 4.79 Å². The maximum atomic E-state index is 11.2. The third-order valence-electron chi connectivity index (χ3n) is 1.56. The summed E-state index contributed by atoms with van der Waals surface area (Å²) in [4.78, 5) is 17.7. The van der Waals surface area contributed by atoms with Crippen molar-refractivity contribution in [3.63, 3.8) is 0 Å². The van der Waals surface area contributed by atoms with Gasteiger partial charge >= 0.3 is 0 Å². The molecule has 0 fully saturated rings. The number of aromatic nitrogens is 2. The molecule has 3 N–H and O–H groups in total. The third kappa shape index (κ3) is 0.911. The van der Waals surface area contributed by atoms with Gasteiger partial charge in [0.1, 0.15) is 11.3 Å². The predicted octanol–water partition coefficient (Wildman–Crippen LogP) is -0.0252. The smallest absolute Gasteiger partial charge is 0.294 e. The van der Waals surface area contributed by atoms with E-state index < -0.39 is 0 Å². The van der Waals surface area contributed by atoms with Gasteiger partial charge in [0.05, 0.1) is 12.8 Å². The summed E-state index contributed by atoms with van der Waals surface area (Å²) < 4.78 is 4.90. The Morgan fingerprint density at radius 1 is 1.67 bits per heavy atom. The van der Waals surface area contributed by atoms with E-state index in [1.807, 2.05) is 0 Å². The van der Waals surface area contributed by atoms with Crippen molar-refractivity contribution >= 4 is 11.1 Å². The Bertz CT molecular complexity index is 457. The van der Waals surface area contributed by atoms with E-state index in [0.29, 0.717) is 11.3 Å². The van der Waals surface area contributed by atoms with Crippen molar-refractivity contribution in [1.29, 1.82) is 0 Å². The molecule has 12 heavy (non-hydrogen) atoms. The van der Waals surface area contributed by atoms with Crippen LogP contribution in [0, 0.1) is 0 Å². The minimum Gasteiger partial charge on any atom is -0.457 e. The van der Waals surface area contributed by atoms with Crippen molar-refractivity contribution in [3.8, 4) is 0 Å². The van der Waals surface area contributed by atoms with Crippen LogP contribution >= 0.6 is 0 Å². The van der Waals surface area contributed by atoms with E-state index in [2.05, 4.69) is 9.97 Å². The Hall–Kier alpha value is -1.62. The second-order valence-corrected chi connectivity index (χ2v) is 2.35. The molecule has 2 heterocycles. The van der Waals surface area contributed by atoms with Gasteiger partial charge in [-0.25, -0.2) is 4.98 Å². The van der Waals surface area contributed by atoms with Gasteiger partial charge < -0.3 is 15.1 Å². The Morgan fingerprint density at radius 2 is 2.50 bits per heavy atom. The highest BCUT2D eigenvalue weighted by Crippen LogP contribution is 2.06. The fraction of sp³-hybridized carbons (Fsp3) is 0.143. The topological polar surface area (TPSA) is 84.9 Å². The first-order valence-corrected chi connectivity index (χ1v) is 3.47. The van der Waals surface area contributed by atoms with Gasteiger partial charge in [0.2, 0.25) is 5.58 Å². The number of rotatable bonds is 1. The molecule has 0 bridgehead atoms. The minimum atomic E-state index is -0.287. The van der Waals surface area contributed by atoms with E-state index in [1.165, 1.54) is 6.26 Å². The van der Waals surface area contributed by atoms with Crippen LogP contribution in [-0.4, -0.2) is 9.97 Å². The largest absolute Gasteiger partial charge is 0.457 e. The molecule has 0 radical (unpaired) electrons. The summed E-state index contributed by atoms with van der Waals surface area (Å²) in [7, 11) is 0. The SMILES string of the molecule is NCc1nc2ccoc2c(=O)[nH]1. The molecule has 0 atom stereocenters. The quantitative estimate of drug-likeness (QED) is 0.621. The molecule has 62 valence electrons. The van der Waals surface area contributed by atoms with Crippen molar-refractivity contribution in [1.82, 2.24) is 9.97 Å². The van der Waals surface area contributed by atoms with E-state index in [1.54, 1.807) is 6.07 Å². The molecule has 0 aliphatic heterocycles. The number of fused-ring (bicyclic) bond motifs is 1. The van der Waals surface area contributed by atoms with Crippen LogP contribution in [0.2, 0.25) is 0 Å². The summed E-state index contributed by atoms with van der Waals surface area (Å²) in [5.74, 6) is 0.467. The average molecular weight is 165 g/mol. The summed E-state index contributed by atoms with van der Waals surface area (Å²) in [6, 6.07) is 1.63. The molecule has 0 unspecified atom stereocenters. The van der Waals surface area contributed by atoms with Gasteiger partial charge in [-0.2, -0.15) is 0 Å². The molecule has 5 nitrogen and oxygen atoms in total. The number of H-pyrrole nitrogens is 1. The molecule has 2 rings (SSSR count). The number of furan rings is 1. The van der Waals surface area contributed by atoms with Crippen molar-refractivity contribution < 1.29 is 4.42 Å². The van der Waals surface area contributed by atoms with E-state index in [-0.39, 0.29) is 17.7 Å². The highest BCUT2D eigenvalue weighted by atomic mass is 16.3. The van der Waals surface area contributed by atoms with Gasteiger partial charge in [-0.1, -0.05) is 0 Å². The zero-order chi connectivity index (χ0) is 8.55. The Labute approximate surface area is 67.2 Å². The molecule has 5 heteroatoms. The third-order valence-corrected chi connectivity index (χ3v) is 1.56. The van der Waals surface area contributed by atoms with Crippen molar-refractivity contribution in [2.75, 3.05) is 0 Å². The fourth-order valence-corrected chi connectivity index (χ4v) is 1.02. The monoisotopic (exact) mass is 165 g/mol. The Balaban J connectivity index is 2.84. The first kappa shape index (κ1) is 7.05. The van der Waals surface area contributed by atoms with Crippen LogP contribution in [0.15, 0.2) is 21.5 Å². The van der Waals surface area contributed by atoms with Gasteiger partial charge in [-0.05, 0) is 0 Å². The van der Waals surface area contributed by atoms with Crippen LogP contribution in [0.3, 0.4) is 0 Å². The van der Waals surface area contributed by atoms with Gasteiger partial charge in [0.15, 0.2) is 0 Å². The van der Waals surface area contributed by atoms with Crippen molar-refractivity contribution in [2.24, 2.45) is 5.73 Å². The van der Waals surface area contributed by atoms with Crippen LogP contribution in [0.4, 0.5) is 0 Å². The zero-order valence-corrected chi connectivity index (χ0v) is 6.20. The van der Waals surface area contributed by atoms with Gasteiger partial charge in [-0.3, -0.25) is 4.79 Å².